The fraction of sp³-hybridized carbons (Fsp3) is 0.600. The van der Waals surface area contributed by atoms with Gasteiger partial charge < -0.3 is 9.64 Å². The van der Waals surface area contributed by atoms with Crippen LogP contribution in [0.3, 0.4) is 0 Å². The van der Waals surface area contributed by atoms with Crippen LogP contribution in [-0.4, -0.2) is 71.6 Å². The normalized spacial score (nSPS) is 33.5. The molecular weight excluding hydrogens is 356 g/mol. The Labute approximate surface area is 143 Å². The van der Waals surface area contributed by atoms with E-state index < -0.39 is 50.2 Å². The van der Waals surface area contributed by atoms with Crippen LogP contribution in [0.5, 0.6) is 0 Å². The topological polar surface area (TPSA) is 79.8 Å². The van der Waals surface area contributed by atoms with Gasteiger partial charge in [-0.1, -0.05) is 6.92 Å². The Morgan fingerprint density at radius 3 is 2.92 bits per heavy atom. The summed E-state index contributed by atoms with van der Waals surface area (Å²) in [6.45, 7) is 2.43. The van der Waals surface area contributed by atoms with Crippen LogP contribution < -0.4 is 0 Å². The van der Waals surface area contributed by atoms with Crippen LogP contribution in [0.25, 0.3) is 0 Å². The summed E-state index contributed by atoms with van der Waals surface area (Å²) in [5.74, 6) is -2.54. The number of pyridine rings is 1. The van der Waals surface area contributed by atoms with E-state index in [1.54, 1.807) is 6.92 Å². The molecule has 4 heterocycles. The highest BCUT2D eigenvalue weighted by Crippen LogP contribution is 2.46. The molecule has 1 aromatic heterocycles. The predicted octanol–water partition coefficient (Wildman–Crippen LogP) is 0.377. The summed E-state index contributed by atoms with van der Waals surface area (Å²) in [6.07, 6.45) is 0.541. The number of hydrogen-bond donors (Lipinski definition) is 0. The molecule has 1 aromatic rings. The molecule has 0 aromatic carbocycles. The Balaban J connectivity index is 1.66. The van der Waals surface area contributed by atoms with E-state index in [9.17, 15) is 22.0 Å². The zero-order chi connectivity index (χ0) is 18.0. The Hall–Kier alpha value is -1.65. The van der Waals surface area contributed by atoms with Crippen molar-refractivity contribution < 1.29 is 26.7 Å². The number of halogens is 2. The van der Waals surface area contributed by atoms with Gasteiger partial charge in [0.1, 0.15) is 10.9 Å². The quantitative estimate of drug-likeness (QED) is 0.700. The summed E-state index contributed by atoms with van der Waals surface area (Å²) in [5, 5.41) is -0.707. The van der Waals surface area contributed by atoms with Crippen molar-refractivity contribution in [3.63, 3.8) is 0 Å². The molecule has 3 aliphatic heterocycles. The Bertz CT molecular complexity index is 849. The second-order valence-electron chi connectivity index (χ2n) is 6.67. The number of ether oxygens (including phenoxy) is 1. The number of nitrogens with zero attached hydrogens (tertiary/aromatic N) is 3. The van der Waals surface area contributed by atoms with Crippen molar-refractivity contribution in [3.05, 3.63) is 29.6 Å². The second-order valence-corrected chi connectivity index (χ2v) is 8.79. The van der Waals surface area contributed by atoms with Crippen molar-refractivity contribution in [3.8, 4) is 0 Å². The van der Waals surface area contributed by atoms with E-state index in [1.807, 2.05) is 0 Å². The van der Waals surface area contributed by atoms with Crippen LogP contribution >= 0.6 is 0 Å². The average molecular weight is 373 g/mol. The highest BCUT2D eigenvalue weighted by atomic mass is 32.2. The SMILES string of the molecule is CCN1CC23CN(C(=O)c4cc(F)ncc4F)C[C@@H](C[C@@H]2S1(=O)=O)O3. The van der Waals surface area contributed by atoms with Gasteiger partial charge in [0, 0.05) is 25.7 Å². The smallest absolute Gasteiger partial charge is 0.257 e. The zero-order valence-electron chi connectivity index (χ0n) is 13.5. The molecule has 3 saturated heterocycles. The summed E-state index contributed by atoms with van der Waals surface area (Å²) in [7, 11) is -3.48. The maximum Gasteiger partial charge on any atom is 0.257 e. The van der Waals surface area contributed by atoms with Crippen molar-refractivity contribution in [1.29, 1.82) is 0 Å². The van der Waals surface area contributed by atoms with Gasteiger partial charge in [0.2, 0.25) is 16.0 Å². The van der Waals surface area contributed by atoms with Crippen molar-refractivity contribution >= 4 is 15.9 Å². The number of rotatable bonds is 2. The highest BCUT2D eigenvalue weighted by molar-refractivity contribution is 7.90. The monoisotopic (exact) mass is 373 g/mol. The zero-order valence-corrected chi connectivity index (χ0v) is 14.3. The maximum absolute atomic E-state index is 13.9. The molecule has 25 heavy (non-hydrogen) atoms. The van der Waals surface area contributed by atoms with Gasteiger partial charge in [0.15, 0.2) is 5.82 Å². The van der Waals surface area contributed by atoms with Crippen LogP contribution in [0.1, 0.15) is 23.7 Å². The summed E-state index contributed by atoms with van der Waals surface area (Å²) in [5.41, 5.74) is -1.41. The molecule has 1 spiro atoms. The van der Waals surface area contributed by atoms with Gasteiger partial charge in [-0.3, -0.25) is 4.79 Å². The van der Waals surface area contributed by atoms with Gasteiger partial charge in [-0.15, -0.1) is 0 Å². The fourth-order valence-corrected chi connectivity index (χ4v) is 6.46. The first kappa shape index (κ1) is 16.8. The number of carbonyl (C=O) groups is 1. The van der Waals surface area contributed by atoms with Crippen LogP contribution in [0.2, 0.25) is 0 Å². The van der Waals surface area contributed by atoms with Crippen LogP contribution in [-0.2, 0) is 14.8 Å². The van der Waals surface area contributed by atoms with Crippen molar-refractivity contribution in [1.82, 2.24) is 14.2 Å². The average Bonchev–Trinajstić information content (AvgIpc) is 2.94. The van der Waals surface area contributed by atoms with E-state index in [0.29, 0.717) is 19.2 Å². The van der Waals surface area contributed by atoms with Gasteiger partial charge in [-0.05, 0) is 6.42 Å². The number of hydrogen-bond acceptors (Lipinski definition) is 5. The molecule has 0 N–H and O–H groups in total. The van der Waals surface area contributed by atoms with Crippen LogP contribution in [0, 0.1) is 11.8 Å². The molecule has 0 aliphatic carbocycles. The van der Waals surface area contributed by atoms with E-state index in [2.05, 4.69) is 4.98 Å². The van der Waals surface area contributed by atoms with Crippen molar-refractivity contribution in [2.45, 2.75) is 30.3 Å². The first-order valence-corrected chi connectivity index (χ1v) is 9.54. The lowest BCUT2D eigenvalue weighted by Crippen LogP contribution is -2.56. The summed E-state index contributed by atoms with van der Waals surface area (Å²) < 4.78 is 59.7. The van der Waals surface area contributed by atoms with E-state index in [4.69, 9.17) is 4.74 Å². The number of likely N-dealkylation sites (N-methyl/N-ethyl adjacent to an activating group) is 1. The van der Waals surface area contributed by atoms with Gasteiger partial charge in [-0.2, -0.15) is 8.70 Å². The van der Waals surface area contributed by atoms with Crippen molar-refractivity contribution in [2.75, 3.05) is 26.2 Å². The summed E-state index contributed by atoms with van der Waals surface area (Å²) >= 11 is 0. The number of morpholine rings is 1. The fourth-order valence-electron chi connectivity index (χ4n) is 4.14. The lowest BCUT2D eigenvalue weighted by atomic mass is 9.99. The van der Waals surface area contributed by atoms with Gasteiger partial charge in [-0.25, -0.2) is 17.8 Å². The minimum Gasteiger partial charge on any atom is -0.365 e. The first-order chi connectivity index (χ1) is 11.8. The molecule has 3 atom stereocenters. The van der Waals surface area contributed by atoms with Gasteiger partial charge in [0.05, 0.1) is 24.4 Å². The maximum atomic E-state index is 13.9. The Morgan fingerprint density at radius 2 is 2.20 bits per heavy atom. The predicted molar refractivity (Wildman–Crippen MR) is 82.2 cm³/mol. The third kappa shape index (κ3) is 2.38. The summed E-state index contributed by atoms with van der Waals surface area (Å²) in [6, 6.07) is 0.758. The highest BCUT2D eigenvalue weighted by Gasteiger charge is 2.65. The molecule has 4 rings (SSSR count). The molecule has 136 valence electrons. The molecule has 0 radical (unpaired) electrons. The minimum atomic E-state index is -3.48. The number of fused-ring (bicyclic) bond motifs is 1. The first-order valence-electron chi connectivity index (χ1n) is 8.04. The molecule has 1 amide bonds. The summed E-state index contributed by atoms with van der Waals surface area (Å²) in [4.78, 5) is 17.2. The Morgan fingerprint density at radius 1 is 1.44 bits per heavy atom. The van der Waals surface area contributed by atoms with E-state index in [1.165, 1.54) is 9.21 Å². The van der Waals surface area contributed by atoms with Crippen molar-refractivity contribution in [2.24, 2.45) is 0 Å². The number of amides is 1. The third-order valence-corrected chi connectivity index (χ3v) is 7.65. The van der Waals surface area contributed by atoms with E-state index >= 15 is 0 Å². The number of aromatic nitrogens is 1. The van der Waals surface area contributed by atoms with Crippen LogP contribution in [0.15, 0.2) is 12.3 Å². The standard InChI is InChI=1S/C15H17F2N3O4S/c1-2-20-8-15-7-19(6-9(24-15)3-12(15)25(20,22)23)14(21)10-4-13(17)18-5-11(10)16/h4-5,9,12H,2-3,6-8H2,1H3/t9-,12+,15?/m1/s1. The molecule has 1 unspecified atom stereocenters. The molecular formula is C15H17F2N3O4S. The second kappa shape index (κ2) is 5.42. The lowest BCUT2D eigenvalue weighted by molar-refractivity contribution is -0.0975. The van der Waals surface area contributed by atoms with Crippen LogP contribution in [0.4, 0.5) is 8.78 Å². The molecule has 2 bridgehead atoms. The number of carbonyl (C=O) groups excluding carboxylic acids is 1. The van der Waals surface area contributed by atoms with Gasteiger partial charge in [0.25, 0.3) is 5.91 Å². The molecule has 3 aliphatic rings. The molecule has 10 heteroatoms. The van der Waals surface area contributed by atoms with Gasteiger partial charge >= 0.3 is 0 Å². The molecule has 7 nitrogen and oxygen atoms in total. The molecule has 3 fully saturated rings. The lowest BCUT2D eigenvalue weighted by Gasteiger charge is -2.39. The largest absolute Gasteiger partial charge is 0.365 e. The van der Waals surface area contributed by atoms with E-state index in [-0.39, 0.29) is 19.6 Å². The number of likely N-dealkylation sites (tertiary alicyclic amines) is 1. The molecule has 0 saturated carbocycles. The minimum absolute atomic E-state index is 0.0338. The van der Waals surface area contributed by atoms with E-state index in [0.717, 1.165) is 6.07 Å². The Kier molecular flexibility index (Phi) is 3.64. The third-order valence-electron chi connectivity index (χ3n) is 5.20. The number of sulfonamides is 1.